The smallest absolute Gasteiger partial charge is 0.253 e. The number of piperidine rings is 1. The molecule has 1 aliphatic heterocycles. The minimum Gasteiger partial charge on any atom is -0.378 e. The van der Waals surface area contributed by atoms with E-state index in [1.807, 2.05) is 48.2 Å². The molecule has 1 heterocycles. The van der Waals surface area contributed by atoms with E-state index in [0.717, 1.165) is 37.2 Å². The second-order valence-corrected chi connectivity index (χ2v) is 6.20. The van der Waals surface area contributed by atoms with Crippen molar-refractivity contribution in [3.8, 4) is 0 Å². The number of likely N-dealkylation sites (tertiary alicyclic amines) is 1. The Bertz CT molecular complexity index is 408. The van der Waals surface area contributed by atoms with Gasteiger partial charge in [0.05, 0.1) is 0 Å². The van der Waals surface area contributed by atoms with Crippen molar-refractivity contribution in [1.29, 1.82) is 0 Å². The number of alkyl halides is 1. The SMILES string of the molecule is CN(C)c1ccc(C(=O)N2CCC(Br)CC2)cc1. The van der Waals surface area contributed by atoms with Crippen LogP contribution in [-0.4, -0.2) is 42.8 Å². The van der Waals surface area contributed by atoms with Crippen molar-refractivity contribution < 1.29 is 4.79 Å². The molecule has 0 unspecified atom stereocenters. The van der Waals surface area contributed by atoms with Crippen molar-refractivity contribution in [3.05, 3.63) is 29.8 Å². The van der Waals surface area contributed by atoms with Gasteiger partial charge in [0, 0.05) is 43.3 Å². The van der Waals surface area contributed by atoms with E-state index in [2.05, 4.69) is 15.9 Å². The van der Waals surface area contributed by atoms with Crippen LogP contribution in [-0.2, 0) is 0 Å². The molecule has 0 bridgehead atoms. The summed E-state index contributed by atoms with van der Waals surface area (Å²) < 4.78 is 0. The molecule has 0 aromatic heterocycles. The number of carbonyl (C=O) groups is 1. The van der Waals surface area contributed by atoms with Crippen molar-refractivity contribution in [3.63, 3.8) is 0 Å². The van der Waals surface area contributed by atoms with Gasteiger partial charge in [0.25, 0.3) is 5.91 Å². The first-order chi connectivity index (χ1) is 8.58. The van der Waals surface area contributed by atoms with Gasteiger partial charge in [-0.2, -0.15) is 0 Å². The molecule has 1 aliphatic rings. The quantitative estimate of drug-likeness (QED) is 0.784. The summed E-state index contributed by atoms with van der Waals surface area (Å²) in [6, 6.07) is 7.81. The van der Waals surface area contributed by atoms with Crippen molar-refractivity contribution >= 4 is 27.5 Å². The van der Waals surface area contributed by atoms with Crippen LogP contribution in [0.5, 0.6) is 0 Å². The normalized spacial score (nSPS) is 16.7. The van der Waals surface area contributed by atoms with E-state index in [9.17, 15) is 4.79 Å². The van der Waals surface area contributed by atoms with Gasteiger partial charge in [-0.05, 0) is 37.1 Å². The molecular formula is C14H19BrN2O. The molecule has 0 saturated carbocycles. The number of amides is 1. The number of halogens is 1. The summed E-state index contributed by atoms with van der Waals surface area (Å²) in [4.78, 5) is 16.8. The number of hydrogen-bond donors (Lipinski definition) is 0. The van der Waals surface area contributed by atoms with Crippen LogP contribution in [0.25, 0.3) is 0 Å². The first-order valence-corrected chi connectivity index (χ1v) is 7.20. The van der Waals surface area contributed by atoms with E-state index < -0.39 is 0 Å². The molecule has 2 rings (SSSR count). The van der Waals surface area contributed by atoms with E-state index in [1.54, 1.807) is 0 Å². The summed E-state index contributed by atoms with van der Waals surface area (Å²) in [5, 5.41) is 0. The highest BCUT2D eigenvalue weighted by molar-refractivity contribution is 9.09. The van der Waals surface area contributed by atoms with Gasteiger partial charge in [-0.25, -0.2) is 0 Å². The highest BCUT2D eigenvalue weighted by Gasteiger charge is 2.21. The Labute approximate surface area is 117 Å². The highest BCUT2D eigenvalue weighted by atomic mass is 79.9. The molecule has 0 spiro atoms. The van der Waals surface area contributed by atoms with Crippen LogP contribution >= 0.6 is 15.9 Å². The Balaban J connectivity index is 2.04. The lowest BCUT2D eigenvalue weighted by Crippen LogP contribution is -2.38. The largest absolute Gasteiger partial charge is 0.378 e. The summed E-state index contributed by atoms with van der Waals surface area (Å²) >= 11 is 3.60. The van der Waals surface area contributed by atoms with E-state index >= 15 is 0 Å². The zero-order valence-corrected chi connectivity index (χ0v) is 12.5. The Kier molecular flexibility index (Phi) is 4.27. The molecule has 98 valence electrons. The maximum absolute atomic E-state index is 12.3. The second kappa shape index (κ2) is 5.74. The molecule has 1 fully saturated rings. The Morgan fingerprint density at radius 1 is 1.22 bits per heavy atom. The third kappa shape index (κ3) is 3.05. The topological polar surface area (TPSA) is 23.6 Å². The van der Waals surface area contributed by atoms with Crippen molar-refractivity contribution in [2.24, 2.45) is 0 Å². The van der Waals surface area contributed by atoms with Gasteiger partial charge in [-0.3, -0.25) is 4.79 Å². The first kappa shape index (κ1) is 13.4. The van der Waals surface area contributed by atoms with Crippen LogP contribution < -0.4 is 4.90 Å². The number of nitrogens with zero attached hydrogens (tertiary/aromatic N) is 2. The molecule has 0 aliphatic carbocycles. The summed E-state index contributed by atoms with van der Waals surface area (Å²) in [6.07, 6.45) is 2.09. The fourth-order valence-electron chi connectivity index (χ4n) is 2.14. The summed E-state index contributed by atoms with van der Waals surface area (Å²) in [5.41, 5.74) is 1.90. The molecule has 1 aromatic rings. The van der Waals surface area contributed by atoms with Crippen molar-refractivity contribution in [2.45, 2.75) is 17.7 Å². The Hall–Kier alpha value is -1.03. The minimum absolute atomic E-state index is 0.153. The Morgan fingerprint density at radius 3 is 2.28 bits per heavy atom. The average molecular weight is 311 g/mol. The fraction of sp³-hybridized carbons (Fsp3) is 0.500. The lowest BCUT2D eigenvalue weighted by Gasteiger charge is -2.29. The third-order valence-corrected chi connectivity index (χ3v) is 4.26. The zero-order chi connectivity index (χ0) is 13.1. The molecule has 0 N–H and O–H groups in total. The zero-order valence-electron chi connectivity index (χ0n) is 10.9. The molecule has 18 heavy (non-hydrogen) atoms. The summed E-state index contributed by atoms with van der Waals surface area (Å²) in [6.45, 7) is 1.70. The average Bonchev–Trinajstić information content (AvgIpc) is 2.39. The van der Waals surface area contributed by atoms with Crippen molar-refractivity contribution in [2.75, 3.05) is 32.1 Å². The van der Waals surface area contributed by atoms with Crippen LogP contribution in [0.3, 0.4) is 0 Å². The highest BCUT2D eigenvalue weighted by Crippen LogP contribution is 2.20. The van der Waals surface area contributed by atoms with Crippen molar-refractivity contribution in [1.82, 2.24) is 4.90 Å². The molecule has 0 radical (unpaired) electrons. The molecule has 1 amide bonds. The summed E-state index contributed by atoms with van der Waals surface area (Å²) in [5.74, 6) is 0.153. The van der Waals surface area contributed by atoms with Gasteiger partial charge >= 0.3 is 0 Å². The van der Waals surface area contributed by atoms with Crippen LogP contribution in [0.2, 0.25) is 0 Å². The third-order valence-electron chi connectivity index (χ3n) is 3.34. The van der Waals surface area contributed by atoms with Gasteiger partial charge in [0.1, 0.15) is 0 Å². The van der Waals surface area contributed by atoms with Gasteiger partial charge in [-0.1, -0.05) is 15.9 Å². The number of anilines is 1. The monoisotopic (exact) mass is 310 g/mol. The van der Waals surface area contributed by atoms with Gasteiger partial charge in [0.15, 0.2) is 0 Å². The van der Waals surface area contributed by atoms with Gasteiger partial charge in [0.2, 0.25) is 0 Å². The molecule has 1 aromatic carbocycles. The maximum atomic E-state index is 12.3. The lowest BCUT2D eigenvalue weighted by atomic mass is 10.1. The predicted molar refractivity (Wildman–Crippen MR) is 78.6 cm³/mol. The first-order valence-electron chi connectivity index (χ1n) is 6.28. The molecule has 4 heteroatoms. The van der Waals surface area contributed by atoms with Crippen LogP contribution in [0.15, 0.2) is 24.3 Å². The van der Waals surface area contributed by atoms with Crippen LogP contribution in [0.4, 0.5) is 5.69 Å². The van der Waals surface area contributed by atoms with E-state index in [0.29, 0.717) is 4.83 Å². The predicted octanol–water partition coefficient (Wildman–Crippen LogP) is 2.75. The number of rotatable bonds is 2. The second-order valence-electron chi connectivity index (χ2n) is 4.91. The molecule has 3 nitrogen and oxygen atoms in total. The standard InChI is InChI=1S/C14H19BrN2O/c1-16(2)13-5-3-11(4-6-13)14(18)17-9-7-12(15)8-10-17/h3-6,12H,7-10H2,1-2H3. The van der Waals surface area contributed by atoms with Crippen LogP contribution in [0.1, 0.15) is 23.2 Å². The van der Waals surface area contributed by atoms with E-state index in [1.165, 1.54) is 0 Å². The lowest BCUT2D eigenvalue weighted by molar-refractivity contribution is 0.0728. The van der Waals surface area contributed by atoms with E-state index in [4.69, 9.17) is 0 Å². The summed E-state index contributed by atoms with van der Waals surface area (Å²) in [7, 11) is 4.00. The molecule has 1 saturated heterocycles. The van der Waals surface area contributed by atoms with Crippen LogP contribution in [0, 0.1) is 0 Å². The fourth-order valence-corrected chi connectivity index (χ4v) is 2.55. The number of hydrogen-bond acceptors (Lipinski definition) is 2. The van der Waals surface area contributed by atoms with Gasteiger partial charge in [-0.15, -0.1) is 0 Å². The maximum Gasteiger partial charge on any atom is 0.253 e. The van der Waals surface area contributed by atoms with Gasteiger partial charge < -0.3 is 9.80 Å². The van der Waals surface area contributed by atoms with E-state index in [-0.39, 0.29) is 5.91 Å². The number of carbonyl (C=O) groups excluding carboxylic acids is 1. The minimum atomic E-state index is 0.153. The Morgan fingerprint density at radius 2 is 1.78 bits per heavy atom. The molecule has 0 atom stereocenters. The number of benzene rings is 1. The molecular weight excluding hydrogens is 292 g/mol.